The van der Waals surface area contributed by atoms with Crippen molar-refractivity contribution in [3.05, 3.63) is 51.9 Å². The highest BCUT2D eigenvalue weighted by Crippen LogP contribution is 2.19. The minimum Gasteiger partial charge on any atom is -0.309 e. The highest BCUT2D eigenvalue weighted by molar-refractivity contribution is 5.61. The molecular formula is C16H19N5O. The molecule has 0 unspecified atom stereocenters. The van der Waals surface area contributed by atoms with E-state index in [-0.39, 0.29) is 5.56 Å². The molecular weight excluding hydrogens is 278 g/mol. The van der Waals surface area contributed by atoms with Crippen LogP contribution in [0.5, 0.6) is 0 Å². The number of fused-ring (bicyclic) bond motifs is 1. The molecule has 0 saturated heterocycles. The van der Waals surface area contributed by atoms with E-state index in [1.807, 2.05) is 31.2 Å². The van der Waals surface area contributed by atoms with Crippen LogP contribution < -0.4 is 10.9 Å². The molecule has 114 valence electrons. The normalized spacial score (nSPS) is 11.5. The van der Waals surface area contributed by atoms with Gasteiger partial charge in [-0.2, -0.15) is 9.50 Å². The molecule has 3 rings (SSSR count). The summed E-state index contributed by atoms with van der Waals surface area (Å²) in [5.41, 5.74) is 2.60. The summed E-state index contributed by atoms with van der Waals surface area (Å²) < 4.78 is 1.38. The number of aromatic nitrogens is 4. The summed E-state index contributed by atoms with van der Waals surface area (Å²) in [5.74, 6) is 1.04. The molecule has 3 aromatic rings. The molecule has 6 heteroatoms. The molecule has 0 atom stereocenters. The number of nitrogens with zero attached hydrogens (tertiary/aromatic N) is 3. The Bertz CT molecular complexity index is 862. The molecule has 0 aliphatic heterocycles. The monoisotopic (exact) mass is 297 g/mol. The van der Waals surface area contributed by atoms with E-state index >= 15 is 0 Å². The Kier molecular flexibility index (Phi) is 3.77. The molecule has 2 N–H and O–H groups in total. The Morgan fingerprint density at radius 2 is 2.05 bits per heavy atom. The molecule has 0 aliphatic carbocycles. The van der Waals surface area contributed by atoms with Crippen LogP contribution in [0, 0.1) is 6.92 Å². The van der Waals surface area contributed by atoms with Crippen LogP contribution in [0.3, 0.4) is 0 Å². The number of aryl methyl sites for hydroxylation is 1. The van der Waals surface area contributed by atoms with E-state index in [1.54, 1.807) is 0 Å². The maximum absolute atomic E-state index is 12.2. The number of hydrogen-bond donors (Lipinski definition) is 2. The molecule has 2 heterocycles. The summed E-state index contributed by atoms with van der Waals surface area (Å²) in [7, 11) is 0. The average Bonchev–Trinajstić information content (AvgIpc) is 2.90. The van der Waals surface area contributed by atoms with Crippen LogP contribution in [0.1, 0.15) is 25.1 Å². The van der Waals surface area contributed by atoms with Crippen molar-refractivity contribution in [3.8, 4) is 11.4 Å². The van der Waals surface area contributed by atoms with Crippen LogP contribution in [-0.4, -0.2) is 25.6 Å². The van der Waals surface area contributed by atoms with Gasteiger partial charge in [-0.1, -0.05) is 38.1 Å². The molecule has 0 radical (unpaired) electrons. The van der Waals surface area contributed by atoms with Gasteiger partial charge in [-0.15, -0.1) is 0 Å². The van der Waals surface area contributed by atoms with Crippen LogP contribution in [0.15, 0.2) is 35.1 Å². The second kappa shape index (κ2) is 5.73. The average molecular weight is 297 g/mol. The lowest BCUT2D eigenvalue weighted by molar-refractivity contribution is 0.580. The minimum absolute atomic E-state index is 0.155. The third-order valence-corrected chi connectivity index (χ3v) is 3.48. The fourth-order valence-electron chi connectivity index (χ4n) is 2.29. The second-order valence-electron chi connectivity index (χ2n) is 5.64. The van der Waals surface area contributed by atoms with Crippen LogP contribution in [0.25, 0.3) is 17.2 Å². The summed E-state index contributed by atoms with van der Waals surface area (Å²) in [4.78, 5) is 21.1. The van der Waals surface area contributed by atoms with Crippen molar-refractivity contribution in [3.63, 3.8) is 0 Å². The lowest BCUT2D eigenvalue weighted by Crippen LogP contribution is -2.24. The summed E-state index contributed by atoms with van der Waals surface area (Å²) in [6, 6.07) is 9.77. The predicted octanol–water partition coefficient (Wildman–Crippen LogP) is 1.89. The first-order valence-corrected chi connectivity index (χ1v) is 7.32. The largest absolute Gasteiger partial charge is 0.309 e. The first-order valence-electron chi connectivity index (χ1n) is 7.32. The molecule has 22 heavy (non-hydrogen) atoms. The van der Waals surface area contributed by atoms with Gasteiger partial charge in [-0.25, -0.2) is 4.98 Å². The van der Waals surface area contributed by atoms with E-state index in [0.29, 0.717) is 29.9 Å². The molecule has 0 bridgehead atoms. The third-order valence-electron chi connectivity index (χ3n) is 3.48. The van der Waals surface area contributed by atoms with Gasteiger partial charge in [0.2, 0.25) is 0 Å². The van der Waals surface area contributed by atoms with Gasteiger partial charge < -0.3 is 5.32 Å². The van der Waals surface area contributed by atoms with Crippen molar-refractivity contribution in [2.75, 3.05) is 0 Å². The highest BCUT2D eigenvalue weighted by Gasteiger charge is 2.11. The van der Waals surface area contributed by atoms with E-state index in [1.165, 1.54) is 10.6 Å². The van der Waals surface area contributed by atoms with Gasteiger partial charge in [0.15, 0.2) is 5.82 Å². The quantitative estimate of drug-likeness (QED) is 0.771. The molecule has 2 aromatic heterocycles. The molecule has 0 fully saturated rings. The first kappa shape index (κ1) is 14.5. The SMILES string of the molecule is Cc1ccccc1-c1nc2nc(CNC(C)C)cc(=O)n2[nH]1. The van der Waals surface area contributed by atoms with Gasteiger partial charge in [-0.3, -0.25) is 9.89 Å². The first-order chi connectivity index (χ1) is 10.5. The van der Waals surface area contributed by atoms with Crippen molar-refractivity contribution >= 4 is 5.78 Å². The number of nitrogens with one attached hydrogen (secondary N) is 2. The van der Waals surface area contributed by atoms with E-state index < -0.39 is 0 Å². The Morgan fingerprint density at radius 3 is 2.77 bits per heavy atom. The van der Waals surface area contributed by atoms with Crippen molar-refractivity contribution in [1.29, 1.82) is 0 Å². The van der Waals surface area contributed by atoms with Gasteiger partial charge in [0.1, 0.15) is 0 Å². The lowest BCUT2D eigenvalue weighted by atomic mass is 10.1. The summed E-state index contributed by atoms with van der Waals surface area (Å²) in [6.45, 7) is 6.67. The van der Waals surface area contributed by atoms with Crippen LogP contribution in [0.2, 0.25) is 0 Å². The van der Waals surface area contributed by atoms with Gasteiger partial charge in [0, 0.05) is 24.2 Å². The van der Waals surface area contributed by atoms with E-state index in [4.69, 9.17) is 0 Å². The maximum atomic E-state index is 12.2. The summed E-state index contributed by atoms with van der Waals surface area (Å²) >= 11 is 0. The Morgan fingerprint density at radius 1 is 1.27 bits per heavy atom. The zero-order valence-electron chi connectivity index (χ0n) is 12.9. The Balaban J connectivity index is 2.05. The van der Waals surface area contributed by atoms with Crippen molar-refractivity contribution < 1.29 is 0 Å². The van der Waals surface area contributed by atoms with Crippen molar-refractivity contribution in [2.45, 2.75) is 33.4 Å². The Hall–Kier alpha value is -2.47. The number of aromatic amines is 1. The molecule has 0 saturated carbocycles. The topological polar surface area (TPSA) is 75.1 Å². The zero-order valence-corrected chi connectivity index (χ0v) is 12.9. The highest BCUT2D eigenvalue weighted by atomic mass is 16.1. The minimum atomic E-state index is -0.155. The fraction of sp³-hybridized carbons (Fsp3) is 0.312. The van der Waals surface area contributed by atoms with Gasteiger partial charge >= 0.3 is 0 Å². The number of hydrogen-bond acceptors (Lipinski definition) is 4. The third kappa shape index (κ3) is 2.78. The summed E-state index contributed by atoms with van der Waals surface area (Å²) in [5, 5.41) is 6.28. The van der Waals surface area contributed by atoms with Crippen molar-refractivity contribution in [1.82, 2.24) is 24.9 Å². The zero-order chi connectivity index (χ0) is 15.7. The van der Waals surface area contributed by atoms with Gasteiger partial charge in [-0.05, 0) is 12.5 Å². The smallest absolute Gasteiger partial charge is 0.274 e. The van der Waals surface area contributed by atoms with Gasteiger partial charge in [0.25, 0.3) is 11.3 Å². The molecule has 0 spiro atoms. The molecule has 1 aromatic carbocycles. The van der Waals surface area contributed by atoms with E-state index in [2.05, 4.69) is 34.2 Å². The molecule has 6 nitrogen and oxygen atoms in total. The van der Waals surface area contributed by atoms with Crippen LogP contribution >= 0.6 is 0 Å². The fourth-order valence-corrected chi connectivity index (χ4v) is 2.29. The standard InChI is InChI=1S/C16H19N5O/c1-10(2)17-9-12-8-14(22)21-16(18-12)19-15(20-21)13-7-5-4-6-11(13)3/h4-8,10,17H,9H2,1-3H3,(H,18,19,20). The summed E-state index contributed by atoms with van der Waals surface area (Å²) in [6.07, 6.45) is 0. The number of benzene rings is 1. The van der Waals surface area contributed by atoms with Crippen LogP contribution in [0.4, 0.5) is 0 Å². The van der Waals surface area contributed by atoms with E-state index in [9.17, 15) is 4.79 Å². The number of rotatable bonds is 4. The molecule has 0 aliphatic rings. The second-order valence-corrected chi connectivity index (χ2v) is 5.64. The lowest BCUT2D eigenvalue weighted by Gasteiger charge is -2.06. The van der Waals surface area contributed by atoms with Gasteiger partial charge in [0.05, 0.1) is 5.69 Å². The molecule has 0 amide bonds. The predicted molar refractivity (Wildman–Crippen MR) is 85.8 cm³/mol. The maximum Gasteiger partial charge on any atom is 0.274 e. The number of H-pyrrole nitrogens is 1. The van der Waals surface area contributed by atoms with Crippen LogP contribution in [-0.2, 0) is 6.54 Å². The van der Waals surface area contributed by atoms with E-state index in [0.717, 1.165) is 11.1 Å². The van der Waals surface area contributed by atoms with Crippen molar-refractivity contribution in [2.24, 2.45) is 0 Å². The Labute approximate surface area is 128 Å².